The normalized spacial score (nSPS) is 40.1. The summed E-state index contributed by atoms with van der Waals surface area (Å²) in [4.78, 5) is 14.0. The molecule has 0 aromatic heterocycles. The van der Waals surface area contributed by atoms with Crippen molar-refractivity contribution < 1.29 is 30.0 Å². The van der Waals surface area contributed by atoms with Gasteiger partial charge in [0.2, 0.25) is 5.72 Å². The monoisotopic (exact) mass is 262 g/mol. The maximum Gasteiger partial charge on any atom is 0.235 e. The topological polar surface area (TPSA) is 182 Å². The Morgan fingerprint density at radius 3 is 2.50 bits per heavy atom. The first-order chi connectivity index (χ1) is 8.44. The first kappa shape index (κ1) is 14.8. The molecule has 1 aliphatic heterocycles. The van der Waals surface area contributed by atoms with Crippen LogP contribution >= 0.6 is 0 Å². The van der Waals surface area contributed by atoms with E-state index in [1.807, 2.05) is 0 Å². The number of ketones is 1. The van der Waals surface area contributed by atoms with Gasteiger partial charge in [0, 0.05) is 4.91 Å². The fourth-order valence-electron chi connectivity index (χ4n) is 1.74. The minimum absolute atomic E-state index is 0.614. The van der Waals surface area contributed by atoms with Crippen LogP contribution in [-0.2, 0) is 9.53 Å². The smallest absolute Gasteiger partial charge is 0.235 e. The first-order valence-corrected chi connectivity index (χ1v) is 5.07. The number of carbonyl (C=O) groups excluding carboxylic acids is 1. The minimum atomic E-state index is -2.45. The number of aliphatic hydroxyl groups is 4. The van der Waals surface area contributed by atoms with E-state index in [2.05, 4.69) is 10.0 Å². The standard InChI is InChI=1S/C8H14N4O6/c9-1-4(14)8(11-12-10)7(17)6(16)5(15)3(2-13)18-8/h3,5-7,13,15-17H,1-2,9H2/t3-,5-,6+,7-,8?/m1/s1. The summed E-state index contributed by atoms with van der Waals surface area (Å²) < 4.78 is 4.95. The Bertz CT molecular complexity index is 371. The van der Waals surface area contributed by atoms with Gasteiger partial charge in [-0.3, -0.25) is 4.79 Å². The van der Waals surface area contributed by atoms with Gasteiger partial charge in [0.05, 0.1) is 13.2 Å². The lowest BCUT2D eigenvalue weighted by Crippen LogP contribution is -2.68. The number of ether oxygens (including phenoxy) is 1. The summed E-state index contributed by atoms with van der Waals surface area (Å²) in [6.07, 6.45) is -6.82. The Morgan fingerprint density at radius 2 is 2.06 bits per heavy atom. The van der Waals surface area contributed by atoms with E-state index >= 15 is 0 Å². The second kappa shape index (κ2) is 5.59. The van der Waals surface area contributed by atoms with Crippen molar-refractivity contribution in [1.82, 2.24) is 0 Å². The molecule has 0 saturated carbocycles. The average molecular weight is 262 g/mol. The van der Waals surface area contributed by atoms with Gasteiger partial charge in [0.25, 0.3) is 0 Å². The molecule has 1 heterocycles. The molecule has 10 heteroatoms. The molecule has 10 nitrogen and oxygen atoms in total. The molecule has 0 spiro atoms. The van der Waals surface area contributed by atoms with E-state index in [4.69, 9.17) is 21.1 Å². The lowest BCUT2D eigenvalue weighted by Gasteiger charge is -2.44. The van der Waals surface area contributed by atoms with Crippen molar-refractivity contribution in [3.8, 4) is 0 Å². The van der Waals surface area contributed by atoms with E-state index in [0.717, 1.165) is 0 Å². The summed E-state index contributed by atoms with van der Waals surface area (Å²) in [6.45, 7) is -1.36. The fourth-order valence-corrected chi connectivity index (χ4v) is 1.74. The van der Waals surface area contributed by atoms with Gasteiger partial charge < -0.3 is 30.9 Å². The van der Waals surface area contributed by atoms with Gasteiger partial charge >= 0.3 is 0 Å². The van der Waals surface area contributed by atoms with Gasteiger partial charge in [-0.25, -0.2) is 0 Å². The van der Waals surface area contributed by atoms with Crippen molar-refractivity contribution in [2.75, 3.05) is 13.2 Å². The second-order valence-electron chi connectivity index (χ2n) is 3.78. The zero-order valence-electron chi connectivity index (χ0n) is 9.25. The van der Waals surface area contributed by atoms with Crippen LogP contribution in [0.3, 0.4) is 0 Å². The summed E-state index contributed by atoms with van der Waals surface area (Å²) in [5, 5.41) is 40.8. The first-order valence-electron chi connectivity index (χ1n) is 5.07. The number of hydrogen-bond donors (Lipinski definition) is 5. The van der Waals surface area contributed by atoms with E-state index in [9.17, 15) is 20.1 Å². The van der Waals surface area contributed by atoms with E-state index in [0.29, 0.717) is 0 Å². The molecule has 1 rings (SSSR count). The highest BCUT2D eigenvalue weighted by Crippen LogP contribution is 2.32. The number of carbonyl (C=O) groups is 1. The molecule has 0 radical (unpaired) electrons. The number of nitrogens with two attached hydrogens (primary N) is 1. The van der Waals surface area contributed by atoms with Crippen molar-refractivity contribution >= 4 is 5.78 Å². The van der Waals surface area contributed by atoms with E-state index in [1.165, 1.54) is 0 Å². The van der Waals surface area contributed by atoms with Crippen LogP contribution in [0.25, 0.3) is 10.4 Å². The molecule has 0 bridgehead atoms. The van der Waals surface area contributed by atoms with Crippen molar-refractivity contribution in [1.29, 1.82) is 0 Å². The third-order valence-electron chi connectivity index (χ3n) is 2.74. The van der Waals surface area contributed by atoms with Crippen LogP contribution in [0.15, 0.2) is 5.11 Å². The predicted molar refractivity (Wildman–Crippen MR) is 55.9 cm³/mol. The highest BCUT2D eigenvalue weighted by molar-refractivity contribution is 5.89. The molecule has 5 atom stereocenters. The van der Waals surface area contributed by atoms with Crippen LogP contribution < -0.4 is 5.73 Å². The van der Waals surface area contributed by atoms with E-state index in [-0.39, 0.29) is 0 Å². The number of Topliss-reactive ketones (excluding diaryl/α,β-unsaturated/α-hetero) is 1. The van der Waals surface area contributed by atoms with E-state index in [1.54, 1.807) is 0 Å². The van der Waals surface area contributed by atoms with Crippen LogP contribution in [-0.4, -0.2) is 69.5 Å². The van der Waals surface area contributed by atoms with Crippen molar-refractivity contribution in [3.05, 3.63) is 10.4 Å². The van der Waals surface area contributed by atoms with Gasteiger partial charge in [-0.15, -0.1) is 0 Å². The quantitative estimate of drug-likeness (QED) is 0.203. The van der Waals surface area contributed by atoms with Gasteiger partial charge in [-0.1, -0.05) is 0 Å². The Hall–Kier alpha value is -1.26. The molecule has 102 valence electrons. The summed E-state index contributed by atoms with van der Waals surface area (Å²) in [5.41, 5.74) is 11.1. The highest BCUT2D eigenvalue weighted by atomic mass is 16.6. The number of nitrogens with zero attached hydrogens (tertiary/aromatic N) is 3. The van der Waals surface area contributed by atoms with Crippen molar-refractivity contribution in [2.45, 2.75) is 30.1 Å². The Morgan fingerprint density at radius 1 is 1.44 bits per heavy atom. The highest BCUT2D eigenvalue weighted by Gasteiger charge is 2.56. The summed E-state index contributed by atoms with van der Waals surface area (Å²) in [5.74, 6) is -0.975. The van der Waals surface area contributed by atoms with Crippen LogP contribution in [0.2, 0.25) is 0 Å². The molecular formula is C8H14N4O6. The largest absolute Gasteiger partial charge is 0.394 e. The van der Waals surface area contributed by atoms with Gasteiger partial charge in [-0.2, -0.15) is 0 Å². The predicted octanol–water partition coefficient (Wildman–Crippen LogP) is -3.01. The van der Waals surface area contributed by atoms with Gasteiger partial charge in [-0.05, 0) is 10.6 Å². The zero-order valence-corrected chi connectivity index (χ0v) is 9.25. The molecule has 1 unspecified atom stereocenters. The molecule has 18 heavy (non-hydrogen) atoms. The lowest BCUT2D eigenvalue weighted by molar-refractivity contribution is -0.262. The second-order valence-corrected chi connectivity index (χ2v) is 3.78. The minimum Gasteiger partial charge on any atom is -0.394 e. The third kappa shape index (κ3) is 2.18. The molecule has 0 aromatic rings. The Kier molecular flexibility index (Phi) is 4.59. The lowest BCUT2D eigenvalue weighted by atomic mass is 9.88. The SMILES string of the molecule is [N-]=[N+]=NC1(C(=O)CN)O[C@H](CO)[C@@H](O)[C@H](O)[C@H]1O. The molecule has 0 aromatic carbocycles. The molecular weight excluding hydrogens is 248 g/mol. The van der Waals surface area contributed by atoms with Crippen LogP contribution in [0.5, 0.6) is 0 Å². The number of hydrogen-bond acceptors (Lipinski definition) is 8. The molecule has 0 aliphatic carbocycles. The molecule has 6 N–H and O–H groups in total. The summed E-state index contributed by atoms with van der Waals surface area (Å²) >= 11 is 0. The van der Waals surface area contributed by atoms with Crippen LogP contribution in [0.1, 0.15) is 0 Å². The fraction of sp³-hybridized carbons (Fsp3) is 0.875. The maximum atomic E-state index is 11.7. The Labute approximate surface area is 101 Å². The summed E-state index contributed by atoms with van der Waals surface area (Å²) in [6, 6.07) is 0. The number of rotatable bonds is 4. The van der Waals surface area contributed by atoms with Gasteiger partial charge in [0.15, 0.2) is 5.78 Å². The molecule has 0 amide bonds. The zero-order chi connectivity index (χ0) is 13.9. The van der Waals surface area contributed by atoms with Crippen LogP contribution in [0, 0.1) is 0 Å². The number of aliphatic hydroxyl groups excluding tert-OH is 4. The average Bonchev–Trinajstić information content (AvgIpc) is 2.38. The Balaban J connectivity index is 3.23. The third-order valence-corrected chi connectivity index (χ3v) is 2.74. The number of azide groups is 1. The van der Waals surface area contributed by atoms with Crippen LogP contribution in [0.4, 0.5) is 0 Å². The molecule has 1 fully saturated rings. The maximum absolute atomic E-state index is 11.7. The molecule has 1 saturated heterocycles. The van der Waals surface area contributed by atoms with E-state index < -0.39 is 49.1 Å². The summed E-state index contributed by atoms with van der Waals surface area (Å²) in [7, 11) is 0. The van der Waals surface area contributed by atoms with Crippen molar-refractivity contribution in [3.63, 3.8) is 0 Å². The van der Waals surface area contributed by atoms with Crippen molar-refractivity contribution in [2.24, 2.45) is 10.8 Å². The molecule has 1 aliphatic rings. The van der Waals surface area contributed by atoms with Gasteiger partial charge in [0.1, 0.15) is 24.4 Å².